The smallest absolute Gasteiger partial charge is 0.0215 e. The SMILES string of the molecule is CCCCCCCCC1(CCCCCCCC)c2cc(Br)cc3c2-c2c(cc(CC(CCS)C(C)C)cc21)C3(C)C. The molecule has 0 spiro atoms. The first-order valence-corrected chi connectivity index (χ1v) is 18.8. The molecule has 0 fully saturated rings. The standard InChI is InChI=1S/C39H59BrS/c1-7-9-11-13-15-17-20-39(21-18-16-14-12-10-8-2)34-25-29(23-30(19-22-41)28(3)4)24-32-36(34)37-33(38(32,5)6)26-31(40)27-35(37)39/h24-28,30,41H,7-23H2,1-6H3. The Morgan fingerprint density at radius 2 is 1.15 bits per heavy atom. The van der Waals surface area contributed by atoms with Gasteiger partial charge in [0.1, 0.15) is 0 Å². The van der Waals surface area contributed by atoms with E-state index in [9.17, 15) is 0 Å². The van der Waals surface area contributed by atoms with Gasteiger partial charge in [0.25, 0.3) is 0 Å². The molecule has 1 atom stereocenters. The normalized spacial score (nSPS) is 16.5. The predicted molar refractivity (Wildman–Crippen MR) is 189 cm³/mol. The zero-order chi connectivity index (χ0) is 29.6. The van der Waals surface area contributed by atoms with Gasteiger partial charge in [0.2, 0.25) is 0 Å². The lowest BCUT2D eigenvalue weighted by atomic mass is 9.67. The van der Waals surface area contributed by atoms with E-state index in [0.29, 0.717) is 11.8 Å². The van der Waals surface area contributed by atoms with Crippen LogP contribution in [0.1, 0.15) is 166 Å². The molecule has 0 radical (unpaired) electrons. The molecule has 228 valence electrons. The van der Waals surface area contributed by atoms with Gasteiger partial charge in [-0.25, -0.2) is 0 Å². The second-order valence-corrected chi connectivity index (χ2v) is 15.8. The number of hydrogen-bond acceptors (Lipinski definition) is 1. The average Bonchev–Trinajstić information content (AvgIpc) is 3.33. The third-order valence-electron chi connectivity index (χ3n) is 10.8. The summed E-state index contributed by atoms with van der Waals surface area (Å²) in [5.74, 6) is 2.36. The Morgan fingerprint density at radius 3 is 1.68 bits per heavy atom. The molecule has 0 saturated heterocycles. The fraction of sp³-hybridized carbons (Fsp3) is 0.692. The minimum absolute atomic E-state index is 0.0529. The number of thiol groups is 1. The lowest BCUT2D eigenvalue weighted by Crippen LogP contribution is -2.28. The molecular weight excluding hydrogens is 580 g/mol. The highest BCUT2D eigenvalue weighted by Crippen LogP contribution is 2.64. The van der Waals surface area contributed by atoms with Crippen molar-refractivity contribution in [1.82, 2.24) is 0 Å². The first-order chi connectivity index (χ1) is 19.7. The van der Waals surface area contributed by atoms with Crippen molar-refractivity contribution in [3.8, 4) is 11.1 Å². The van der Waals surface area contributed by atoms with Crippen molar-refractivity contribution in [1.29, 1.82) is 0 Å². The van der Waals surface area contributed by atoms with E-state index < -0.39 is 0 Å². The number of hydrogen-bond donors (Lipinski definition) is 1. The van der Waals surface area contributed by atoms with Gasteiger partial charge in [-0.1, -0.05) is 147 Å². The third kappa shape index (κ3) is 7.00. The Hall–Kier alpha value is -0.730. The molecule has 2 aliphatic carbocycles. The van der Waals surface area contributed by atoms with Crippen LogP contribution in [0, 0.1) is 11.8 Å². The summed E-state index contributed by atoms with van der Waals surface area (Å²) in [7, 11) is 0. The van der Waals surface area contributed by atoms with Crippen LogP contribution in [0.3, 0.4) is 0 Å². The van der Waals surface area contributed by atoms with Crippen LogP contribution in [0.15, 0.2) is 28.7 Å². The highest BCUT2D eigenvalue weighted by molar-refractivity contribution is 9.10. The summed E-state index contributed by atoms with van der Waals surface area (Å²) in [5, 5.41) is 0. The summed E-state index contributed by atoms with van der Waals surface area (Å²) in [5.41, 5.74) is 11.5. The quantitative estimate of drug-likeness (QED) is 0.115. The molecule has 0 amide bonds. The minimum atomic E-state index is 0.0529. The van der Waals surface area contributed by atoms with Crippen molar-refractivity contribution in [2.45, 2.75) is 155 Å². The minimum Gasteiger partial charge on any atom is -0.179 e. The van der Waals surface area contributed by atoms with Crippen LogP contribution >= 0.6 is 28.6 Å². The van der Waals surface area contributed by atoms with Gasteiger partial charge < -0.3 is 0 Å². The van der Waals surface area contributed by atoms with E-state index >= 15 is 0 Å². The zero-order valence-corrected chi connectivity index (χ0v) is 29.8. The Bertz CT molecular complexity index is 1130. The van der Waals surface area contributed by atoms with Crippen LogP contribution in [-0.4, -0.2) is 5.75 Å². The molecule has 0 heterocycles. The maximum Gasteiger partial charge on any atom is 0.0215 e. The molecular formula is C39H59BrS. The summed E-state index contributed by atoms with van der Waals surface area (Å²) >= 11 is 8.65. The maximum atomic E-state index is 4.65. The van der Waals surface area contributed by atoms with Crippen molar-refractivity contribution in [3.63, 3.8) is 0 Å². The van der Waals surface area contributed by atoms with Crippen LogP contribution in [0.5, 0.6) is 0 Å². The van der Waals surface area contributed by atoms with Gasteiger partial charge in [0.05, 0.1) is 0 Å². The van der Waals surface area contributed by atoms with E-state index in [4.69, 9.17) is 0 Å². The van der Waals surface area contributed by atoms with Gasteiger partial charge in [-0.05, 0) is 94.3 Å². The molecule has 2 aromatic rings. The fourth-order valence-corrected chi connectivity index (χ4v) is 9.00. The van der Waals surface area contributed by atoms with Crippen LogP contribution in [0.2, 0.25) is 0 Å². The van der Waals surface area contributed by atoms with Gasteiger partial charge in [0.15, 0.2) is 0 Å². The fourth-order valence-electron chi connectivity index (χ4n) is 8.21. The van der Waals surface area contributed by atoms with E-state index in [1.807, 2.05) is 0 Å². The largest absolute Gasteiger partial charge is 0.179 e. The number of unbranched alkanes of at least 4 members (excludes halogenated alkanes) is 10. The molecule has 4 rings (SSSR count). The zero-order valence-electron chi connectivity index (χ0n) is 27.3. The third-order valence-corrected chi connectivity index (χ3v) is 11.5. The molecule has 0 bridgehead atoms. The van der Waals surface area contributed by atoms with Crippen LogP contribution in [-0.2, 0) is 17.3 Å². The van der Waals surface area contributed by atoms with Crippen LogP contribution in [0.4, 0.5) is 0 Å². The van der Waals surface area contributed by atoms with E-state index in [2.05, 4.69) is 94.4 Å². The van der Waals surface area contributed by atoms with Crippen molar-refractivity contribution in [2.75, 3.05) is 5.75 Å². The second-order valence-electron chi connectivity index (χ2n) is 14.4. The highest BCUT2D eigenvalue weighted by atomic mass is 79.9. The summed E-state index contributed by atoms with van der Waals surface area (Å²) in [6.45, 7) is 14.4. The van der Waals surface area contributed by atoms with Crippen molar-refractivity contribution in [3.05, 3.63) is 56.6 Å². The summed E-state index contributed by atoms with van der Waals surface area (Å²) in [6, 6.07) is 10.3. The Balaban J connectivity index is 1.77. The number of rotatable bonds is 19. The molecule has 2 aromatic carbocycles. The molecule has 0 saturated carbocycles. The van der Waals surface area contributed by atoms with E-state index in [-0.39, 0.29) is 10.8 Å². The van der Waals surface area contributed by atoms with Crippen LogP contribution in [0.25, 0.3) is 11.1 Å². The first kappa shape index (κ1) is 33.2. The molecule has 0 nitrogen and oxygen atoms in total. The predicted octanol–water partition coefficient (Wildman–Crippen LogP) is 13.0. The summed E-state index contributed by atoms with van der Waals surface area (Å²) in [4.78, 5) is 0. The van der Waals surface area contributed by atoms with Crippen molar-refractivity contribution < 1.29 is 0 Å². The molecule has 2 aliphatic rings. The van der Waals surface area contributed by atoms with Crippen LogP contribution < -0.4 is 0 Å². The molecule has 2 heteroatoms. The average molecular weight is 640 g/mol. The van der Waals surface area contributed by atoms with E-state index in [1.54, 1.807) is 38.9 Å². The summed E-state index contributed by atoms with van der Waals surface area (Å²) < 4.78 is 1.27. The molecule has 0 aromatic heterocycles. The monoisotopic (exact) mass is 638 g/mol. The number of benzene rings is 2. The van der Waals surface area contributed by atoms with Crippen molar-refractivity contribution >= 4 is 28.6 Å². The van der Waals surface area contributed by atoms with E-state index in [1.165, 1.54) is 107 Å². The van der Waals surface area contributed by atoms with Gasteiger partial charge in [0, 0.05) is 15.3 Å². The lowest BCUT2D eigenvalue weighted by Gasteiger charge is -2.36. The van der Waals surface area contributed by atoms with Gasteiger partial charge in [-0.3, -0.25) is 0 Å². The lowest BCUT2D eigenvalue weighted by molar-refractivity contribution is 0.372. The number of halogens is 1. The summed E-state index contributed by atoms with van der Waals surface area (Å²) in [6.07, 6.45) is 21.4. The highest BCUT2D eigenvalue weighted by Gasteiger charge is 2.50. The van der Waals surface area contributed by atoms with Gasteiger partial charge >= 0.3 is 0 Å². The topological polar surface area (TPSA) is 0 Å². The second kappa shape index (κ2) is 14.8. The molecule has 1 unspecified atom stereocenters. The first-order valence-electron chi connectivity index (χ1n) is 17.3. The molecule has 0 aliphatic heterocycles. The Labute approximate surface area is 267 Å². The van der Waals surface area contributed by atoms with Crippen molar-refractivity contribution in [2.24, 2.45) is 11.8 Å². The maximum absolute atomic E-state index is 4.65. The molecule has 0 N–H and O–H groups in total. The Morgan fingerprint density at radius 1 is 0.683 bits per heavy atom. The van der Waals surface area contributed by atoms with Gasteiger partial charge in [-0.15, -0.1) is 0 Å². The van der Waals surface area contributed by atoms with Gasteiger partial charge in [-0.2, -0.15) is 12.6 Å². The van der Waals surface area contributed by atoms with E-state index in [0.717, 1.165) is 5.75 Å². The Kier molecular flexibility index (Phi) is 12.0. The molecule has 41 heavy (non-hydrogen) atoms.